The van der Waals surface area contributed by atoms with E-state index < -0.39 is 0 Å². The van der Waals surface area contributed by atoms with Gasteiger partial charge in [0.1, 0.15) is 0 Å². The molecule has 2 N–H and O–H groups in total. The lowest BCUT2D eigenvalue weighted by Crippen LogP contribution is -2.33. The van der Waals surface area contributed by atoms with Gasteiger partial charge in [-0.3, -0.25) is 9.59 Å². The number of hydrogen-bond donors (Lipinski definition) is 2. The highest BCUT2D eigenvalue weighted by molar-refractivity contribution is 7.99. The number of nitrogens with zero attached hydrogens (tertiary/aromatic N) is 3. The highest BCUT2D eigenvalue weighted by atomic mass is 35.5. The Morgan fingerprint density at radius 3 is 2.40 bits per heavy atom. The molecule has 0 spiro atoms. The number of aromatic nitrogens is 3. The number of carbonyl (C=O) groups excluding carboxylic acids is 2. The Bertz CT molecular complexity index is 1230. The van der Waals surface area contributed by atoms with Gasteiger partial charge in [-0.2, -0.15) is 0 Å². The third kappa shape index (κ3) is 6.78. The monoisotopic (exact) mass is 533 g/mol. The van der Waals surface area contributed by atoms with E-state index in [0.29, 0.717) is 33.1 Å². The van der Waals surface area contributed by atoms with Gasteiger partial charge in [-0.05, 0) is 68.1 Å². The van der Waals surface area contributed by atoms with E-state index in [-0.39, 0.29) is 29.5 Å². The van der Waals surface area contributed by atoms with Crippen molar-refractivity contribution < 1.29 is 9.59 Å². The second-order valence-corrected chi connectivity index (χ2v) is 10.3. The summed E-state index contributed by atoms with van der Waals surface area (Å²) in [7, 11) is 0. The van der Waals surface area contributed by atoms with Crippen LogP contribution in [0.2, 0.25) is 10.0 Å². The molecule has 0 saturated heterocycles. The van der Waals surface area contributed by atoms with Gasteiger partial charge in [0.15, 0.2) is 11.0 Å². The van der Waals surface area contributed by atoms with Gasteiger partial charge >= 0.3 is 0 Å². The lowest BCUT2D eigenvalue weighted by Gasteiger charge is -2.22. The average molecular weight is 535 g/mol. The van der Waals surface area contributed by atoms with Crippen LogP contribution < -0.4 is 10.6 Å². The van der Waals surface area contributed by atoms with Crippen molar-refractivity contribution in [2.24, 2.45) is 5.92 Å². The Hall–Kier alpha value is -2.55. The van der Waals surface area contributed by atoms with E-state index in [1.54, 1.807) is 12.1 Å². The third-order valence-electron chi connectivity index (χ3n) is 5.60. The molecule has 1 aromatic heterocycles. The molecule has 0 unspecified atom stereocenters. The third-order valence-corrected chi connectivity index (χ3v) is 7.30. The van der Waals surface area contributed by atoms with E-state index in [2.05, 4.69) is 20.8 Å². The molecule has 186 valence electrons. The molecular weight excluding hydrogens is 505 g/mol. The van der Waals surface area contributed by atoms with E-state index in [0.717, 1.165) is 11.3 Å². The lowest BCUT2D eigenvalue weighted by atomic mass is 10.0. The van der Waals surface area contributed by atoms with Crippen LogP contribution in [0.1, 0.15) is 54.1 Å². The SMILES string of the molecule is CCn1c(SCC(=O)Nc2ccc(C)c(C)c2)nnc1[C@H](NC(=O)c1ccc(Cl)c(Cl)c1)C(C)C. The Morgan fingerprint density at radius 1 is 1.03 bits per heavy atom. The molecule has 0 fully saturated rings. The Morgan fingerprint density at radius 2 is 1.77 bits per heavy atom. The summed E-state index contributed by atoms with van der Waals surface area (Å²) in [6.07, 6.45) is 0. The van der Waals surface area contributed by atoms with Crippen molar-refractivity contribution in [1.29, 1.82) is 0 Å². The van der Waals surface area contributed by atoms with Crippen molar-refractivity contribution in [2.45, 2.75) is 52.4 Å². The Balaban J connectivity index is 1.72. The highest BCUT2D eigenvalue weighted by Crippen LogP contribution is 2.27. The second-order valence-electron chi connectivity index (χ2n) is 8.54. The van der Waals surface area contributed by atoms with Gasteiger partial charge in [-0.15, -0.1) is 10.2 Å². The lowest BCUT2D eigenvalue weighted by molar-refractivity contribution is -0.113. The van der Waals surface area contributed by atoms with Crippen molar-refractivity contribution in [1.82, 2.24) is 20.1 Å². The van der Waals surface area contributed by atoms with Crippen molar-refractivity contribution in [3.8, 4) is 0 Å². The number of benzene rings is 2. The van der Waals surface area contributed by atoms with Gasteiger partial charge < -0.3 is 15.2 Å². The quantitative estimate of drug-likeness (QED) is 0.325. The predicted octanol–water partition coefficient (Wildman–Crippen LogP) is 6.08. The maximum Gasteiger partial charge on any atom is 0.251 e. The summed E-state index contributed by atoms with van der Waals surface area (Å²) >= 11 is 13.4. The molecule has 2 aromatic carbocycles. The molecule has 10 heteroatoms. The maximum absolute atomic E-state index is 12.9. The Labute approximate surface area is 220 Å². The van der Waals surface area contributed by atoms with Crippen LogP contribution in [0.4, 0.5) is 5.69 Å². The standard InChI is InChI=1S/C25H29Cl2N5O2S/c1-6-32-23(22(14(2)3)29-24(34)17-8-10-19(26)20(27)12-17)30-31-25(32)35-13-21(33)28-18-9-7-15(4)16(5)11-18/h7-12,14,22H,6,13H2,1-5H3,(H,28,33)(H,29,34)/t22-/m1/s1. The van der Waals surface area contributed by atoms with Crippen LogP contribution in [0.25, 0.3) is 0 Å². The summed E-state index contributed by atoms with van der Waals surface area (Å²) in [5.74, 6) is 0.455. The summed E-state index contributed by atoms with van der Waals surface area (Å²) in [5.41, 5.74) is 3.46. The van der Waals surface area contributed by atoms with Crippen molar-refractivity contribution >= 4 is 52.5 Å². The van der Waals surface area contributed by atoms with Crippen molar-refractivity contribution in [3.05, 3.63) is 69.0 Å². The number of amides is 2. The predicted molar refractivity (Wildman–Crippen MR) is 142 cm³/mol. The minimum Gasteiger partial charge on any atom is -0.342 e. The first-order chi connectivity index (χ1) is 16.6. The number of aryl methyl sites for hydroxylation is 2. The van der Waals surface area contributed by atoms with Crippen LogP contribution in [-0.2, 0) is 11.3 Å². The van der Waals surface area contributed by atoms with Crippen LogP contribution in [0.3, 0.4) is 0 Å². The fourth-order valence-corrected chi connectivity index (χ4v) is 4.58. The largest absolute Gasteiger partial charge is 0.342 e. The number of nitrogens with one attached hydrogen (secondary N) is 2. The fraction of sp³-hybridized carbons (Fsp3) is 0.360. The average Bonchev–Trinajstić information content (AvgIpc) is 3.22. The van der Waals surface area contributed by atoms with Gasteiger partial charge in [0, 0.05) is 17.8 Å². The van der Waals surface area contributed by atoms with E-state index in [1.807, 2.05) is 57.4 Å². The number of halogens is 2. The van der Waals surface area contributed by atoms with E-state index >= 15 is 0 Å². The van der Waals surface area contributed by atoms with Gasteiger partial charge in [-0.25, -0.2) is 0 Å². The second kappa shape index (κ2) is 11.9. The minimum absolute atomic E-state index is 0.0437. The van der Waals surface area contributed by atoms with Crippen LogP contribution in [0, 0.1) is 19.8 Å². The van der Waals surface area contributed by atoms with Gasteiger partial charge in [-0.1, -0.05) is 54.9 Å². The zero-order chi connectivity index (χ0) is 25.7. The van der Waals surface area contributed by atoms with E-state index in [9.17, 15) is 9.59 Å². The number of carbonyl (C=O) groups is 2. The number of thioether (sulfide) groups is 1. The zero-order valence-electron chi connectivity index (χ0n) is 20.4. The molecule has 2 amide bonds. The number of hydrogen-bond acceptors (Lipinski definition) is 5. The number of rotatable bonds is 9. The zero-order valence-corrected chi connectivity index (χ0v) is 22.7. The molecular formula is C25H29Cl2N5O2S. The molecule has 0 aliphatic rings. The molecule has 0 radical (unpaired) electrons. The van der Waals surface area contributed by atoms with Crippen LogP contribution in [0.15, 0.2) is 41.6 Å². The highest BCUT2D eigenvalue weighted by Gasteiger charge is 2.26. The summed E-state index contributed by atoms with van der Waals surface area (Å²) in [4.78, 5) is 25.4. The molecule has 0 aliphatic carbocycles. The molecule has 1 atom stereocenters. The summed E-state index contributed by atoms with van der Waals surface area (Å²) < 4.78 is 1.92. The van der Waals surface area contributed by atoms with Gasteiger partial charge in [0.25, 0.3) is 5.91 Å². The van der Waals surface area contributed by atoms with Crippen LogP contribution in [-0.4, -0.2) is 32.3 Å². The molecule has 0 aliphatic heterocycles. The van der Waals surface area contributed by atoms with E-state index in [1.165, 1.54) is 23.4 Å². The first-order valence-electron chi connectivity index (χ1n) is 11.3. The number of anilines is 1. The van der Waals surface area contributed by atoms with Crippen LogP contribution >= 0.6 is 35.0 Å². The maximum atomic E-state index is 12.9. The summed E-state index contributed by atoms with van der Waals surface area (Å²) in [5, 5.41) is 16.0. The minimum atomic E-state index is -0.386. The molecule has 3 rings (SSSR count). The van der Waals surface area contributed by atoms with Crippen molar-refractivity contribution in [2.75, 3.05) is 11.1 Å². The molecule has 7 nitrogen and oxygen atoms in total. The topological polar surface area (TPSA) is 88.9 Å². The molecule has 0 saturated carbocycles. The van der Waals surface area contributed by atoms with Crippen LogP contribution in [0.5, 0.6) is 0 Å². The molecule has 3 aromatic rings. The first kappa shape index (κ1) is 27.0. The fourth-order valence-electron chi connectivity index (χ4n) is 3.47. The smallest absolute Gasteiger partial charge is 0.251 e. The normalized spacial score (nSPS) is 12.0. The van der Waals surface area contributed by atoms with Gasteiger partial charge in [0.2, 0.25) is 5.91 Å². The Kier molecular flexibility index (Phi) is 9.21. The van der Waals surface area contributed by atoms with Gasteiger partial charge in [0.05, 0.1) is 21.8 Å². The summed E-state index contributed by atoms with van der Waals surface area (Å²) in [6.45, 7) is 10.6. The van der Waals surface area contributed by atoms with Crippen molar-refractivity contribution in [3.63, 3.8) is 0 Å². The summed E-state index contributed by atoms with van der Waals surface area (Å²) in [6, 6.07) is 10.2. The van der Waals surface area contributed by atoms with E-state index in [4.69, 9.17) is 23.2 Å². The molecule has 35 heavy (non-hydrogen) atoms. The first-order valence-corrected chi connectivity index (χ1v) is 13.0. The molecule has 0 bridgehead atoms. The molecule has 1 heterocycles.